The van der Waals surface area contributed by atoms with Crippen LogP contribution in [0.4, 0.5) is 0 Å². The molecule has 0 saturated carbocycles. The second-order valence-electron chi connectivity index (χ2n) is 4.34. The molecule has 5 heteroatoms. The SMILES string of the molecule is Cc1c[nH]c2c(-c3ccc(SN)cc3)cccc12.NS. The number of nitrogens with two attached hydrogens (primary N) is 2. The fourth-order valence-electron chi connectivity index (χ4n) is 2.25. The van der Waals surface area contributed by atoms with Crippen molar-refractivity contribution in [3.05, 3.63) is 54.2 Å². The normalized spacial score (nSPS) is 10.2. The van der Waals surface area contributed by atoms with Crippen LogP contribution < -0.4 is 10.3 Å². The molecule has 0 amide bonds. The van der Waals surface area contributed by atoms with E-state index < -0.39 is 0 Å². The van der Waals surface area contributed by atoms with Crippen LogP contribution in [0.5, 0.6) is 0 Å². The fourth-order valence-corrected chi connectivity index (χ4v) is 2.54. The maximum absolute atomic E-state index is 5.54. The number of benzene rings is 2. The molecule has 5 N–H and O–H groups in total. The number of hydrogen-bond donors (Lipinski definition) is 4. The molecule has 0 aliphatic rings. The number of aryl methyl sites for hydroxylation is 1. The molecule has 0 aliphatic carbocycles. The van der Waals surface area contributed by atoms with Gasteiger partial charge in [-0.3, -0.25) is 10.3 Å². The van der Waals surface area contributed by atoms with Gasteiger partial charge >= 0.3 is 0 Å². The van der Waals surface area contributed by atoms with E-state index in [4.69, 9.17) is 5.14 Å². The number of nitrogens with one attached hydrogen (secondary N) is 1. The highest BCUT2D eigenvalue weighted by molar-refractivity contribution is 7.97. The lowest BCUT2D eigenvalue weighted by Crippen LogP contribution is -1.82. The number of aromatic nitrogens is 1. The number of hydrogen-bond acceptors (Lipinski definition) is 4. The standard InChI is InChI=1S/C15H14N2S.H3NS/c1-10-9-17-15-13(10)3-2-4-14(15)11-5-7-12(18-16)8-6-11;1-2/h2-9,17H,16H2,1H3;2H,1H2. The van der Waals surface area contributed by atoms with Gasteiger partial charge in [-0.25, -0.2) is 0 Å². The van der Waals surface area contributed by atoms with Crippen LogP contribution >= 0.6 is 24.8 Å². The molecule has 0 bridgehead atoms. The molecule has 3 nitrogen and oxygen atoms in total. The summed E-state index contributed by atoms with van der Waals surface area (Å²) in [6.45, 7) is 2.12. The molecule has 1 aromatic heterocycles. The molecule has 20 heavy (non-hydrogen) atoms. The Morgan fingerprint density at radius 2 is 1.75 bits per heavy atom. The molecule has 0 fully saturated rings. The minimum atomic E-state index is 1.08. The van der Waals surface area contributed by atoms with Crippen LogP contribution in [0.1, 0.15) is 5.56 Å². The van der Waals surface area contributed by atoms with Gasteiger partial charge in [-0.05, 0) is 42.1 Å². The van der Waals surface area contributed by atoms with Crippen LogP contribution in [0.15, 0.2) is 53.6 Å². The number of rotatable bonds is 2. The summed E-state index contributed by atoms with van der Waals surface area (Å²) in [7, 11) is 0. The topological polar surface area (TPSA) is 67.8 Å². The summed E-state index contributed by atoms with van der Waals surface area (Å²) in [5.74, 6) is 0. The molecule has 1 heterocycles. The number of H-pyrrole nitrogens is 1. The van der Waals surface area contributed by atoms with E-state index in [1.54, 1.807) is 0 Å². The second-order valence-corrected chi connectivity index (χ2v) is 5.05. The summed E-state index contributed by atoms with van der Waals surface area (Å²) < 4.78 is 0. The molecule has 104 valence electrons. The van der Waals surface area contributed by atoms with Crippen molar-refractivity contribution in [2.75, 3.05) is 0 Å². The van der Waals surface area contributed by atoms with Gasteiger partial charge in [-0.15, -0.1) is 12.8 Å². The fraction of sp³-hybridized carbons (Fsp3) is 0.0667. The third-order valence-electron chi connectivity index (χ3n) is 3.22. The Hall–Kier alpha value is -1.40. The number of fused-ring (bicyclic) bond motifs is 1. The number of thiol groups is 1. The van der Waals surface area contributed by atoms with Crippen molar-refractivity contribution in [3.63, 3.8) is 0 Å². The maximum atomic E-state index is 5.54. The molecule has 0 atom stereocenters. The van der Waals surface area contributed by atoms with Crippen molar-refractivity contribution in [3.8, 4) is 11.1 Å². The number of para-hydroxylation sites is 1. The first-order valence-corrected chi connectivity index (χ1v) is 7.49. The van der Waals surface area contributed by atoms with E-state index in [2.05, 4.69) is 78.5 Å². The van der Waals surface area contributed by atoms with Crippen molar-refractivity contribution < 1.29 is 0 Å². The monoisotopic (exact) mass is 303 g/mol. The minimum Gasteiger partial charge on any atom is -0.360 e. The first-order valence-electron chi connectivity index (χ1n) is 6.09. The lowest BCUT2D eigenvalue weighted by Gasteiger charge is -2.05. The predicted octanol–water partition coefficient (Wildman–Crippen LogP) is 3.90. The molecule has 3 rings (SSSR count). The van der Waals surface area contributed by atoms with Gasteiger partial charge in [0.1, 0.15) is 0 Å². The van der Waals surface area contributed by atoms with E-state index >= 15 is 0 Å². The van der Waals surface area contributed by atoms with Crippen LogP contribution in [-0.4, -0.2) is 4.98 Å². The Morgan fingerprint density at radius 3 is 2.40 bits per heavy atom. The second kappa shape index (κ2) is 6.85. The van der Waals surface area contributed by atoms with Crippen molar-refractivity contribution in [2.45, 2.75) is 11.8 Å². The zero-order valence-corrected chi connectivity index (χ0v) is 12.8. The summed E-state index contributed by atoms with van der Waals surface area (Å²) in [5, 5.41) is 11.0. The molecule has 0 unspecified atom stereocenters. The molecule has 0 radical (unpaired) electrons. The van der Waals surface area contributed by atoms with E-state index in [9.17, 15) is 0 Å². The van der Waals surface area contributed by atoms with E-state index in [-0.39, 0.29) is 0 Å². The molecular weight excluding hydrogens is 286 g/mol. The summed E-state index contributed by atoms with van der Waals surface area (Å²) in [6, 6.07) is 14.7. The molecule has 0 aliphatic heterocycles. The van der Waals surface area contributed by atoms with Crippen LogP contribution in [0, 0.1) is 6.92 Å². The quantitative estimate of drug-likeness (QED) is 0.429. The smallest absolute Gasteiger partial charge is 0.0536 e. The zero-order valence-electron chi connectivity index (χ0n) is 11.1. The highest BCUT2D eigenvalue weighted by atomic mass is 32.2. The number of aromatic amines is 1. The maximum Gasteiger partial charge on any atom is 0.0536 e. The summed E-state index contributed by atoms with van der Waals surface area (Å²) in [6.07, 6.45) is 2.05. The average molecular weight is 303 g/mol. The van der Waals surface area contributed by atoms with Crippen LogP contribution in [0.25, 0.3) is 22.0 Å². The summed E-state index contributed by atoms with van der Waals surface area (Å²) >= 11 is 4.30. The van der Waals surface area contributed by atoms with Gasteiger partial charge in [-0.2, -0.15) is 0 Å². The average Bonchev–Trinajstić information content (AvgIpc) is 2.91. The van der Waals surface area contributed by atoms with Crippen molar-refractivity contribution in [1.82, 2.24) is 4.98 Å². The molecular formula is C15H17N3S2. The highest BCUT2D eigenvalue weighted by Gasteiger charge is 2.06. The van der Waals surface area contributed by atoms with Gasteiger partial charge in [0, 0.05) is 22.0 Å². The highest BCUT2D eigenvalue weighted by Crippen LogP contribution is 2.30. The summed E-state index contributed by atoms with van der Waals surface area (Å²) in [5.41, 5.74) is 4.92. The molecule has 3 aromatic rings. The van der Waals surface area contributed by atoms with E-state index in [0.717, 1.165) is 4.90 Å². The largest absolute Gasteiger partial charge is 0.360 e. The molecule has 0 spiro atoms. The third kappa shape index (κ3) is 2.86. The Kier molecular flexibility index (Phi) is 5.14. The van der Waals surface area contributed by atoms with Gasteiger partial charge in [0.25, 0.3) is 0 Å². The van der Waals surface area contributed by atoms with Gasteiger partial charge in [0.2, 0.25) is 0 Å². The van der Waals surface area contributed by atoms with Gasteiger partial charge < -0.3 is 4.98 Å². The minimum absolute atomic E-state index is 1.08. The van der Waals surface area contributed by atoms with Crippen LogP contribution in [0.2, 0.25) is 0 Å². The van der Waals surface area contributed by atoms with E-state index in [1.165, 1.54) is 39.5 Å². The molecule has 2 aromatic carbocycles. The van der Waals surface area contributed by atoms with Gasteiger partial charge in [0.15, 0.2) is 0 Å². The van der Waals surface area contributed by atoms with Gasteiger partial charge in [0.05, 0.1) is 5.52 Å². The third-order valence-corrected chi connectivity index (χ3v) is 3.77. The van der Waals surface area contributed by atoms with Gasteiger partial charge in [-0.1, -0.05) is 30.3 Å². The Labute approximate surface area is 128 Å². The Morgan fingerprint density at radius 1 is 1.05 bits per heavy atom. The van der Waals surface area contributed by atoms with Crippen molar-refractivity contribution >= 4 is 35.7 Å². The zero-order chi connectivity index (χ0) is 14.5. The van der Waals surface area contributed by atoms with E-state index in [0.29, 0.717) is 0 Å². The first-order chi connectivity index (χ1) is 9.79. The Balaban J connectivity index is 0.000000704. The Bertz CT molecular complexity index is 690. The predicted molar refractivity (Wildman–Crippen MR) is 91.7 cm³/mol. The van der Waals surface area contributed by atoms with Crippen molar-refractivity contribution in [2.24, 2.45) is 10.3 Å². The molecule has 0 saturated heterocycles. The lowest BCUT2D eigenvalue weighted by molar-refractivity contribution is 1.42. The first kappa shape index (κ1) is 15.0. The summed E-state index contributed by atoms with van der Waals surface area (Å²) in [4.78, 5) is 4.43. The van der Waals surface area contributed by atoms with Crippen molar-refractivity contribution in [1.29, 1.82) is 0 Å². The van der Waals surface area contributed by atoms with Crippen LogP contribution in [-0.2, 0) is 0 Å². The van der Waals surface area contributed by atoms with Crippen LogP contribution in [0.3, 0.4) is 0 Å². The van der Waals surface area contributed by atoms with E-state index in [1.807, 2.05) is 0 Å². The lowest BCUT2D eigenvalue weighted by atomic mass is 10.0.